The van der Waals surface area contributed by atoms with Gasteiger partial charge in [-0.1, -0.05) is 42.2 Å². The second-order valence-electron chi connectivity index (χ2n) is 6.96. The van der Waals surface area contributed by atoms with Gasteiger partial charge in [-0.3, -0.25) is 14.4 Å². The summed E-state index contributed by atoms with van der Waals surface area (Å²) in [6, 6.07) is 9.82. The van der Waals surface area contributed by atoms with Gasteiger partial charge in [0.1, 0.15) is 0 Å². The van der Waals surface area contributed by atoms with Crippen LogP contribution in [0.4, 0.5) is 0 Å². The number of esters is 3. The van der Waals surface area contributed by atoms with E-state index in [0.29, 0.717) is 51.7 Å². The van der Waals surface area contributed by atoms with Crippen LogP contribution in [-0.4, -0.2) is 43.8 Å². The van der Waals surface area contributed by atoms with Crippen LogP contribution in [0, 0.1) is 11.8 Å². The van der Waals surface area contributed by atoms with E-state index in [1.165, 1.54) is 21.0 Å². The maximum Gasteiger partial charge on any atom is 0.305 e. The summed E-state index contributed by atoms with van der Waals surface area (Å²) in [5.41, 5.74) is 1.08. The van der Waals surface area contributed by atoms with Gasteiger partial charge in [0.05, 0.1) is 13.7 Å². The van der Waals surface area contributed by atoms with E-state index >= 15 is 0 Å². The average molecular weight is 433 g/mol. The summed E-state index contributed by atoms with van der Waals surface area (Å²) in [5, 5.41) is 0. The first kappa shape index (κ1) is 26.2. The van der Waals surface area contributed by atoms with Crippen molar-refractivity contribution in [3.8, 4) is 11.8 Å². The van der Waals surface area contributed by atoms with E-state index in [1.54, 1.807) is 0 Å². The van der Waals surface area contributed by atoms with Crippen molar-refractivity contribution in [2.45, 2.75) is 71.2 Å². The number of methoxy groups -OCH3 is 1. The minimum atomic E-state index is -0.851. The first-order chi connectivity index (χ1) is 14.9. The highest BCUT2D eigenvalue weighted by Crippen LogP contribution is 2.13. The third-order valence-corrected chi connectivity index (χ3v) is 4.24. The second-order valence-corrected chi connectivity index (χ2v) is 6.96. The van der Waals surface area contributed by atoms with Gasteiger partial charge in [0, 0.05) is 33.3 Å². The molecule has 1 aromatic rings. The predicted octanol–water partition coefficient (Wildman–Crippen LogP) is 3.58. The van der Waals surface area contributed by atoms with Crippen LogP contribution in [0.1, 0.15) is 57.9 Å². The molecule has 0 aliphatic rings. The highest BCUT2D eigenvalue weighted by atomic mass is 16.6. The van der Waals surface area contributed by atoms with Crippen LogP contribution < -0.4 is 0 Å². The molecule has 0 bridgehead atoms. The second kappa shape index (κ2) is 15.9. The Morgan fingerprint density at radius 1 is 0.968 bits per heavy atom. The Bertz CT molecular complexity index is 733. The monoisotopic (exact) mass is 432 g/mol. The summed E-state index contributed by atoms with van der Waals surface area (Å²) in [6.07, 6.45) is 1.77. The molecule has 7 nitrogen and oxygen atoms in total. The standard InChI is InChI=1S/C24H32O7/c1-19(25)30-22(14-9-4-5-10-16-24(27)28-3)23(31-20(2)26)15-11-17-29-18-21-12-7-6-8-13-21/h6-8,12-13,22-23H,4-5,10-11,15-18H2,1-3H3. The Kier molecular flexibility index (Phi) is 13.4. The SMILES string of the molecule is COC(=O)CCCCC#CC(OC(C)=O)C(CCCOCc1ccccc1)OC(C)=O. The minimum absolute atomic E-state index is 0.254. The Hall–Kier alpha value is -2.85. The summed E-state index contributed by atoms with van der Waals surface area (Å²) < 4.78 is 20.9. The van der Waals surface area contributed by atoms with Crippen molar-refractivity contribution in [2.24, 2.45) is 0 Å². The molecule has 2 unspecified atom stereocenters. The number of carbonyl (C=O) groups excluding carboxylic acids is 3. The van der Waals surface area contributed by atoms with E-state index in [9.17, 15) is 14.4 Å². The molecule has 0 aromatic heterocycles. The first-order valence-electron chi connectivity index (χ1n) is 10.4. The van der Waals surface area contributed by atoms with E-state index in [-0.39, 0.29) is 5.97 Å². The lowest BCUT2D eigenvalue weighted by atomic mass is 10.1. The van der Waals surface area contributed by atoms with Crippen LogP contribution in [0.25, 0.3) is 0 Å². The summed E-state index contributed by atoms with van der Waals surface area (Å²) in [7, 11) is 1.35. The van der Waals surface area contributed by atoms with Crippen molar-refractivity contribution in [1.29, 1.82) is 0 Å². The van der Waals surface area contributed by atoms with Gasteiger partial charge in [-0.2, -0.15) is 0 Å². The number of hydrogen-bond acceptors (Lipinski definition) is 7. The maximum absolute atomic E-state index is 11.5. The molecule has 1 aromatic carbocycles. The lowest BCUT2D eigenvalue weighted by Gasteiger charge is -2.22. The molecule has 0 radical (unpaired) electrons. The van der Waals surface area contributed by atoms with Gasteiger partial charge in [0.2, 0.25) is 0 Å². The third kappa shape index (κ3) is 13.1. The van der Waals surface area contributed by atoms with Gasteiger partial charge in [-0.25, -0.2) is 0 Å². The van der Waals surface area contributed by atoms with Gasteiger partial charge in [-0.05, 0) is 31.2 Å². The maximum atomic E-state index is 11.5. The highest BCUT2D eigenvalue weighted by Gasteiger charge is 2.25. The number of carbonyl (C=O) groups is 3. The first-order valence-corrected chi connectivity index (χ1v) is 10.4. The fourth-order valence-electron chi connectivity index (χ4n) is 2.77. The van der Waals surface area contributed by atoms with Gasteiger partial charge in [0.25, 0.3) is 0 Å². The molecule has 2 atom stereocenters. The normalized spacial score (nSPS) is 12.1. The highest BCUT2D eigenvalue weighted by molar-refractivity contribution is 5.69. The molecule has 0 aliphatic carbocycles. The van der Waals surface area contributed by atoms with Crippen LogP contribution in [-0.2, 0) is 39.9 Å². The van der Waals surface area contributed by atoms with Crippen LogP contribution in [0.2, 0.25) is 0 Å². The molecule has 7 heteroatoms. The van der Waals surface area contributed by atoms with Crippen molar-refractivity contribution in [2.75, 3.05) is 13.7 Å². The smallest absolute Gasteiger partial charge is 0.305 e. The Morgan fingerprint density at radius 2 is 1.68 bits per heavy atom. The summed E-state index contributed by atoms with van der Waals surface area (Å²) >= 11 is 0. The van der Waals surface area contributed by atoms with Crippen molar-refractivity contribution < 1.29 is 33.3 Å². The lowest BCUT2D eigenvalue weighted by Crippen LogP contribution is -2.33. The zero-order valence-electron chi connectivity index (χ0n) is 18.6. The number of ether oxygens (including phenoxy) is 4. The van der Waals surface area contributed by atoms with E-state index in [0.717, 1.165) is 5.56 Å². The molecular formula is C24H32O7. The van der Waals surface area contributed by atoms with Crippen LogP contribution in [0.5, 0.6) is 0 Å². The number of benzene rings is 1. The zero-order valence-corrected chi connectivity index (χ0v) is 18.6. The average Bonchev–Trinajstić information content (AvgIpc) is 2.74. The molecule has 0 saturated carbocycles. The van der Waals surface area contributed by atoms with Gasteiger partial charge >= 0.3 is 17.9 Å². The van der Waals surface area contributed by atoms with E-state index < -0.39 is 24.1 Å². The van der Waals surface area contributed by atoms with E-state index in [1.807, 2.05) is 30.3 Å². The number of rotatable bonds is 13. The Balaban J connectivity index is 2.55. The summed E-state index contributed by atoms with van der Waals surface area (Å²) in [6.45, 7) is 3.57. The predicted molar refractivity (Wildman–Crippen MR) is 115 cm³/mol. The molecular weight excluding hydrogens is 400 g/mol. The number of unbranched alkanes of at least 4 members (excludes halogenated alkanes) is 2. The Labute approximate surface area is 184 Å². The van der Waals surface area contributed by atoms with Gasteiger partial charge in [-0.15, -0.1) is 0 Å². The lowest BCUT2D eigenvalue weighted by molar-refractivity contribution is -0.161. The van der Waals surface area contributed by atoms with Crippen LogP contribution in [0.3, 0.4) is 0 Å². The van der Waals surface area contributed by atoms with E-state index in [4.69, 9.17) is 14.2 Å². The number of hydrogen-bond donors (Lipinski definition) is 0. The Morgan fingerprint density at radius 3 is 2.32 bits per heavy atom. The largest absolute Gasteiger partial charge is 0.469 e. The molecule has 0 spiro atoms. The fourth-order valence-corrected chi connectivity index (χ4v) is 2.77. The molecule has 0 heterocycles. The molecule has 0 N–H and O–H groups in total. The third-order valence-electron chi connectivity index (χ3n) is 4.24. The molecule has 31 heavy (non-hydrogen) atoms. The van der Waals surface area contributed by atoms with Crippen molar-refractivity contribution in [3.63, 3.8) is 0 Å². The molecule has 0 fully saturated rings. The summed E-state index contributed by atoms with van der Waals surface area (Å²) in [5.74, 6) is 4.64. The molecule has 0 saturated heterocycles. The zero-order chi connectivity index (χ0) is 22.9. The molecule has 0 aliphatic heterocycles. The quantitative estimate of drug-likeness (QED) is 0.204. The molecule has 170 valence electrons. The van der Waals surface area contributed by atoms with E-state index in [2.05, 4.69) is 16.6 Å². The summed E-state index contributed by atoms with van der Waals surface area (Å²) in [4.78, 5) is 34.2. The van der Waals surface area contributed by atoms with Crippen LogP contribution in [0.15, 0.2) is 30.3 Å². The van der Waals surface area contributed by atoms with Crippen molar-refractivity contribution >= 4 is 17.9 Å². The molecule has 0 amide bonds. The van der Waals surface area contributed by atoms with Crippen molar-refractivity contribution in [1.82, 2.24) is 0 Å². The van der Waals surface area contributed by atoms with Crippen molar-refractivity contribution in [3.05, 3.63) is 35.9 Å². The topological polar surface area (TPSA) is 88.1 Å². The fraction of sp³-hybridized carbons (Fsp3) is 0.542. The van der Waals surface area contributed by atoms with Crippen LogP contribution >= 0.6 is 0 Å². The van der Waals surface area contributed by atoms with Gasteiger partial charge in [0.15, 0.2) is 12.2 Å². The molecule has 1 rings (SSSR count). The minimum Gasteiger partial charge on any atom is -0.469 e. The van der Waals surface area contributed by atoms with Gasteiger partial charge < -0.3 is 18.9 Å².